The first-order valence-corrected chi connectivity index (χ1v) is 5.42. The molecule has 0 aromatic carbocycles. The summed E-state index contributed by atoms with van der Waals surface area (Å²) >= 11 is 0. The van der Waals surface area contributed by atoms with E-state index in [1.165, 1.54) is 6.07 Å². The number of nitriles is 1. The third-order valence-corrected chi connectivity index (χ3v) is 2.31. The average Bonchev–Trinajstić information content (AvgIpc) is 2.39. The molecule has 2 aromatic rings. The van der Waals surface area contributed by atoms with Gasteiger partial charge in [0, 0.05) is 25.0 Å². The molecule has 2 aromatic heterocycles. The summed E-state index contributed by atoms with van der Waals surface area (Å²) < 4.78 is 0. The highest BCUT2D eigenvalue weighted by Gasteiger charge is 1.99. The summed E-state index contributed by atoms with van der Waals surface area (Å²) in [5.74, 6) is 0.402. The maximum absolute atomic E-state index is 11.1. The van der Waals surface area contributed by atoms with E-state index in [9.17, 15) is 4.79 Å². The lowest BCUT2D eigenvalue weighted by atomic mass is 10.2. The van der Waals surface area contributed by atoms with Crippen molar-refractivity contribution in [1.82, 2.24) is 15.0 Å². The van der Waals surface area contributed by atoms with Crippen LogP contribution in [0.25, 0.3) is 0 Å². The zero-order valence-electron chi connectivity index (χ0n) is 9.55. The van der Waals surface area contributed by atoms with Crippen LogP contribution in [0.1, 0.15) is 11.3 Å². The Balaban J connectivity index is 1.97. The number of pyridine rings is 1. The van der Waals surface area contributed by atoms with Crippen molar-refractivity contribution < 1.29 is 0 Å². The normalized spacial score (nSPS) is 9.72. The van der Waals surface area contributed by atoms with Gasteiger partial charge in [-0.2, -0.15) is 10.2 Å². The largest absolute Gasteiger partial charge is 0.369 e. The highest BCUT2D eigenvalue weighted by molar-refractivity contribution is 5.38. The molecule has 0 bridgehead atoms. The first-order chi connectivity index (χ1) is 8.78. The van der Waals surface area contributed by atoms with E-state index < -0.39 is 5.69 Å². The highest BCUT2D eigenvalue weighted by atomic mass is 16.1. The molecular formula is C12H11N5O. The molecule has 0 atom stereocenters. The molecule has 0 radical (unpaired) electrons. The second-order valence-electron chi connectivity index (χ2n) is 3.64. The van der Waals surface area contributed by atoms with Crippen LogP contribution >= 0.6 is 0 Å². The number of anilines is 1. The molecule has 0 fully saturated rings. The summed E-state index contributed by atoms with van der Waals surface area (Å²) in [4.78, 5) is 21.2. The minimum absolute atomic E-state index is 0.193. The van der Waals surface area contributed by atoms with Gasteiger partial charge in [0.25, 0.3) is 0 Å². The van der Waals surface area contributed by atoms with Gasteiger partial charge in [0.15, 0.2) is 0 Å². The maximum atomic E-state index is 11.1. The van der Waals surface area contributed by atoms with Crippen molar-refractivity contribution in [2.75, 3.05) is 11.9 Å². The van der Waals surface area contributed by atoms with E-state index >= 15 is 0 Å². The number of hydrogen-bond donors (Lipinski definition) is 2. The fraction of sp³-hybridized carbons (Fsp3) is 0.167. The number of aromatic nitrogens is 3. The van der Waals surface area contributed by atoms with Crippen LogP contribution in [0.3, 0.4) is 0 Å². The first kappa shape index (κ1) is 11.8. The highest BCUT2D eigenvalue weighted by Crippen LogP contribution is 2.02. The monoisotopic (exact) mass is 241 g/mol. The Kier molecular flexibility index (Phi) is 3.66. The van der Waals surface area contributed by atoms with E-state index in [2.05, 4.69) is 20.3 Å². The second-order valence-corrected chi connectivity index (χ2v) is 3.64. The van der Waals surface area contributed by atoms with E-state index in [0.29, 0.717) is 12.4 Å². The van der Waals surface area contributed by atoms with Crippen molar-refractivity contribution in [2.45, 2.75) is 6.42 Å². The van der Waals surface area contributed by atoms with Crippen molar-refractivity contribution >= 4 is 5.82 Å². The number of nitrogens with zero attached hydrogens (tertiary/aromatic N) is 3. The fourth-order valence-electron chi connectivity index (χ4n) is 1.49. The van der Waals surface area contributed by atoms with E-state index in [1.54, 1.807) is 12.4 Å². The third kappa shape index (κ3) is 3.15. The molecule has 0 unspecified atom stereocenters. The van der Waals surface area contributed by atoms with E-state index in [1.807, 2.05) is 18.2 Å². The minimum Gasteiger partial charge on any atom is -0.369 e. The number of aromatic amines is 1. The fourth-order valence-corrected chi connectivity index (χ4v) is 1.49. The standard InChI is InChI=1S/C12H11N5O/c13-7-10-6-11(17-12(18)16-10)15-5-3-9-2-1-4-14-8-9/h1-2,4,6,8H,3,5H2,(H2,15,16,17,18). The Labute approximate surface area is 103 Å². The molecule has 0 aliphatic rings. The maximum Gasteiger partial charge on any atom is 0.347 e. The molecule has 0 saturated heterocycles. The SMILES string of the molecule is N#Cc1cc(NCCc2cccnc2)nc(=O)[nH]1. The smallest absolute Gasteiger partial charge is 0.347 e. The Morgan fingerprint density at radius 2 is 2.39 bits per heavy atom. The third-order valence-electron chi connectivity index (χ3n) is 2.31. The zero-order valence-corrected chi connectivity index (χ0v) is 9.55. The van der Waals surface area contributed by atoms with E-state index in [0.717, 1.165) is 12.0 Å². The van der Waals surface area contributed by atoms with Crippen molar-refractivity contribution in [2.24, 2.45) is 0 Å². The molecule has 0 amide bonds. The molecular weight excluding hydrogens is 230 g/mol. The molecule has 90 valence electrons. The van der Waals surface area contributed by atoms with E-state index in [4.69, 9.17) is 5.26 Å². The molecule has 2 heterocycles. The van der Waals surface area contributed by atoms with Crippen molar-refractivity contribution in [3.05, 3.63) is 52.3 Å². The molecule has 0 aliphatic carbocycles. The summed E-state index contributed by atoms with van der Waals surface area (Å²) in [6.45, 7) is 0.618. The summed E-state index contributed by atoms with van der Waals surface area (Å²) in [6.07, 6.45) is 4.27. The van der Waals surface area contributed by atoms with Crippen LogP contribution in [-0.4, -0.2) is 21.5 Å². The number of hydrogen-bond acceptors (Lipinski definition) is 5. The Bertz CT molecular complexity index is 614. The molecule has 6 heteroatoms. The Morgan fingerprint density at radius 3 is 3.11 bits per heavy atom. The van der Waals surface area contributed by atoms with Gasteiger partial charge < -0.3 is 5.32 Å². The van der Waals surface area contributed by atoms with Crippen LogP contribution < -0.4 is 11.0 Å². The van der Waals surface area contributed by atoms with Crippen LogP contribution in [0.5, 0.6) is 0 Å². The van der Waals surface area contributed by atoms with Crippen LogP contribution in [0.4, 0.5) is 5.82 Å². The molecule has 6 nitrogen and oxygen atoms in total. The number of nitrogens with one attached hydrogen (secondary N) is 2. The lowest BCUT2D eigenvalue weighted by molar-refractivity contribution is 0.973. The lowest BCUT2D eigenvalue weighted by Gasteiger charge is -2.04. The number of rotatable bonds is 4. The van der Waals surface area contributed by atoms with Gasteiger partial charge in [0.1, 0.15) is 17.6 Å². The quantitative estimate of drug-likeness (QED) is 0.821. The average molecular weight is 241 g/mol. The van der Waals surface area contributed by atoms with Crippen molar-refractivity contribution in [3.63, 3.8) is 0 Å². The van der Waals surface area contributed by atoms with Gasteiger partial charge in [-0.05, 0) is 18.1 Å². The first-order valence-electron chi connectivity index (χ1n) is 5.42. The topological polar surface area (TPSA) is 94.5 Å². The van der Waals surface area contributed by atoms with Gasteiger partial charge in [-0.3, -0.25) is 9.97 Å². The van der Waals surface area contributed by atoms with Gasteiger partial charge in [0.2, 0.25) is 0 Å². The van der Waals surface area contributed by atoms with Crippen LogP contribution in [0.2, 0.25) is 0 Å². The van der Waals surface area contributed by atoms with Gasteiger partial charge >= 0.3 is 5.69 Å². The Hall–Kier alpha value is -2.68. The van der Waals surface area contributed by atoms with E-state index in [-0.39, 0.29) is 5.69 Å². The van der Waals surface area contributed by atoms with Crippen LogP contribution in [0, 0.1) is 11.3 Å². The van der Waals surface area contributed by atoms with Gasteiger partial charge in [-0.25, -0.2) is 4.79 Å². The number of H-pyrrole nitrogens is 1. The summed E-state index contributed by atoms with van der Waals surface area (Å²) in [6, 6.07) is 7.22. The molecule has 2 rings (SSSR count). The van der Waals surface area contributed by atoms with Gasteiger partial charge in [-0.1, -0.05) is 6.07 Å². The van der Waals surface area contributed by atoms with Crippen molar-refractivity contribution in [3.8, 4) is 6.07 Å². The molecule has 0 saturated carbocycles. The van der Waals surface area contributed by atoms with Crippen molar-refractivity contribution in [1.29, 1.82) is 5.26 Å². The molecule has 2 N–H and O–H groups in total. The predicted molar refractivity (Wildman–Crippen MR) is 66.0 cm³/mol. The molecule has 18 heavy (non-hydrogen) atoms. The zero-order chi connectivity index (χ0) is 12.8. The van der Waals surface area contributed by atoms with Crippen LogP contribution in [0.15, 0.2) is 35.4 Å². The predicted octanol–water partition coefficient (Wildman–Crippen LogP) is 0.691. The summed E-state index contributed by atoms with van der Waals surface area (Å²) in [7, 11) is 0. The summed E-state index contributed by atoms with van der Waals surface area (Å²) in [5, 5.41) is 11.7. The second kappa shape index (κ2) is 5.59. The van der Waals surface area contributed by atoms with Gasteiger partial charge in [0.05, 0.1) is 0 Å². The van der Waals surface area contributed by atoms with Crippen LogP contribution in [-0.2, 0) is 6.42 Å². The molecule has 0 aliphatic heterocycles. The lowest BCUT2D eigenvalue weighted by Crippen LogP contribution is -2.16. The Morgan fingerprint density at radius 1 is 1.50 bits per heavy atom. The minimum atomic E-state index is -0.530. The van der Waals surface area contributed by atoms with Gasteiger partial charge in [-0.15, -0.1) is 0 Å². The molecule has 0 spiro atoms. The summed E-state index contributed by atoms with van der Waals surface area (Å²) in [5.41, 5.74) is 0.757.